The Hall–Kier alpha value is -0.630. The second-order valence-corrected chi connectivity index (χ2v) is 4.34. The Kier molecular flexibility index (Phi) is 3.67. The van der Waals surface area contributed by atoms with Crippen LogP contribution < -0.4 is 4.31 Å². The van der Waals surface area contributed by atoms with Crippen molar-refractivity contribution in [3.8, 4) is 0 Å². The van der Waals surface area contributed by atoms with Gasteiger partial charge in [0.05, 0.1) is 0 Å². The van der Waals surface area contributed by atoms with Crippen molar-refractivity contribution in [3.05, 3.63) is 29.8 Å². The average molecular weight is 195 g/mol. The molecule has 1 nitrogen and oxygen atoms in total. The van der Waals surface area contributed by atoms with E-state index in [4.69, 9.17) is 0 Å². The van der Waals surface area contributed by atoms with Crippen LogP contribution in [0.15, 0.2) is 24.3 Å². The highest BCUT2D eigenvalue weighted by atomic mass is 32.2. The third kappa shape index (κ3) is 2.66. The second kappa shape index (κ2) is 4.56. The van der Waals surface area contributed by atoms with Crippen molar-refractivity contribution in [3.63, 3.8) is 0 Å². The van der Waals surface area contributed by atoms with Crippen LogP contribution in [-0.2, 0) is 0 Å². The lowest BCUT2D eigenvalue weighted by molar-refractivity contribution is 0.867. The monoisotopic (exact) mass is 195 g/mol. The van der Waals surface area contributed by atoms with E-state index in [0.29, 0.717) is 5.92 Å². The van der Waals surface area contributed by atoms with Crippen LogP contribution in [-0.4, -0.2) is 13.3 Å². The quantitative estimate of drug-likeness (QED) is 0.679. The average Bonchev–Trinajstić information content (AvgIpc) is 2.17. The number of rotatable bonds is 3. The first-order chi connectivity index (χ1) is 6.15. The zero-order valence-corrected chi connectivity index (χ0v) is 9.56. The van der Waals surface area contributed by atoms with Gasteiger partial charge < -0.3 is 4.31 Å². The highest BCUT2D eigenvalue weighted by molar-refractivity contribution is 7.99. The van der Waals surface area contributed by atoms with Gasteiger partial charge >= 0.3 is 0 Å². The molecule has 0 bridgehead atoms. The summed E-state index contributed by atoms with van der Waals surface area (Å²) in [4.78, 5) is 0. The van der Waals surface area contributed by atoms with Gasteiger partial charge in [-0.2, -0.15) is 0 Å². The van der Waals surface area contributed by atoms with E-state index in [-0.39, 0.29) is 0 Å². The van der Waals surface area contributed by atoms with Crippen LogP contribution in [0.25, 0.3) is 0 Å². The molecule has 0 spiro atoms. The van der Waals surface area contributed by atoms with Crippen LogP contribution in [0, 0.1) is 0 Å². The molecule has 1 aromatic rings. The summed E-state index contributed by atoms with van der Waals surface area (Å²) in [7, 11) is 2.08. The van der Waals surface area contributed by atoms with E-state index in [1.54, 1.807) is 11.9 Å². The maximum Gasteiger partial charge on any atom is 0.0466 e. The molecule has 72 valence electrons. The highest BCUT2D eigenvalue weighted by Gasteiger charge is 2.00. The maximum atomic E-state index is 2.22. The van der Waals surface area contributed by atoms with E-state index < -0.39 is 0 Å². The Morgan fingerprint density at radius 2 is 1.69 bits per heavy atom. The third-order valence-electron chi connectivity index (χ3n) is 2.20. The van der Waals surface area contributed by atoms with Crippen molar-refractivity contribution in [2.75, 3.05) is 17.6 Å². The number of nitrogens with zero attached hydrogens (tertiary/aromatic N) is 1. The molecule has 1 aromatic carbocycles. The van der Waals surface area contributed by atoms with Crippen molar-refractivity contribution in [2.24, 2.45) is 0 Å². The van der Waals surface area contributed by atoms with E-state index >= 15 is 0 Å². The summed E-state index contributed by atoms with van der Waals surface area (Å²) >= 11 is 1.73. The second-order valence-electron chi connectivity index (χ2n) is 3.43. The Morgan fingerprint density at radius 1 is 1.15 bits per heavy atom. The number of benzene rings is 1. The number of anilines is 1. The molecule has 13 heavy (non-hydrogen) atoms. The fourth-order valence-electron chi connectivity index (χ4n) is 1.17. The molecule has 0 N–H and O–H groups in total. The molecule has 0 saturated heterocycles. The molecular formula is C11H17NS. The van der Waals surface area contributed by atoms with E-state index in [2.05, 4.69) is 55.7 Å². The van der Waals surface area contributed by atoms with E-state index in [1.165, 1.54) is 11.3 Å². The zero-order valence-electron chi connectivity index (χ0n) is 8.74. The third-order valence-corrected chi connectivity index (χ3v) is 2.96. The Labute approximate surface area is 85.3 Å². The van der Waals surface area contributed by atoms with Crippen molar-refractivity contribution >= 4 is 17.6 Å². The van der Waals surface area contributed by atoms with Crippen LogP contribution in [0.2, 0.25) is 0 Å². The largest absolute Gasteiger partial charge is 0.320 e. The van der Waals surface area contributed by atoms with Crippen molar-refractivity contribution in [2.45, 2.75) is 19.8 Å². The lowest BCUT2D eigenvalue weighted by atomic mass is 10.0. The van der Waals surface area contributed by atoms with Gasteiger partial charge in [0, 0.05) is 19.0 Å². The number of hydrogen-bond donors (Lipinski definition) is 0. The van der Waals surface area contributed by atoms with Crippen LogP contribution in [0.5, 0.6) is 0 Å². The molecular weight excluding hydrogens is 178 g/mol. The van der Waals surface area contributed by atoms with Gasteiger partial charge in [0.2, 0.25) is 0 Å². The fourth-order valence-corrected chi connectivity index (χ4v) is 1.51. The molecule has 0 atom stereocenters. The molecule has 0 aliphatic rings. The van der Waals surface area contributed by atoms with E-state index in [1.807, 2.05) is 0 Å². The van der Waals surface area contributed by atoms with Gasteiger partial charge in [-0.25, -0.2) is 0 Å². The minimum Gasteiger partial charge on any atom is -0.320 e. The molecule has 1 rings (SSSR count). The molecule has 2 heteroatoms. The fraction of sp³-hybridized carbons (Fsp3) is 0.455. The van der Waals surface area contributed by atoms with Crippen molar-refractivity contribution in [1.82, 2.24) is 0 Å². The van der Waals surface area contributed by atoms with Gasteiger partial charge in [0.1, 0.15) is 0 Å². The Morgan fingerprint density at radius 3 is 2.08 bits per heavy atom. The topological polar surface area (TPSA) is 3.24 Å². The SMILES string of the molecule is CSN(C)c1ccc(C(C)C)cc1. The summed E-state index contributed by atoms with van der Waals surface area (Å²) < 4.78 is 2.16. The standard InChI is InChI=1S/C11H17NS/c1-9(2)10-5-7-11(8-6-10)12(3)13-4/h5-9H,1-4H3. The van der Waals surface area contributed by atoms with Gasteiger partial charge in [0.15, 0.2) is 0 Å². The van der Waals surface area contributed by atoms with Crippen LogP contribution >= 0.6 is 11.9 Å². The van der Waals surface area contributed by atoms with Gasteiger partial charge in [-0.05, 0) is 23.6 Å². The normalized spacial score (nSPS) is 10.5. The molecule has 0 aromatic heterocycles. The number of hydrogen-bond acceptors (Lipinski definition) is 2. The van der Waals surface area contributed by atoms with Crippen molar-refractivity contribution in [1.29, 1.82) is 0 Å². The summed E-state index contributed by atoms with van der Waals surface area (Å²) in [5, 5.41) is 0. The Bertz CT molecular complexity index is 253. The van der Waals surface area contributed by atoms with E-state index in [0.717, 1.165) is 0 Å². The molecule has 0 heterocycles. The van der Waals surface area contributed by atoms with Crippen LogP contribution in [0.4, 0.5) is 5.69 Å². The van der Waals surface area contributed by atoms with Crippen molar-refractivity contribution < 1.29 is 0 Å². The van der Waals surface area contributed by atoms with Crippen LogP contribution in [0.1, 0.15) is 25.3 Å². The van der Waals surface area contributed by atoms with Gasteiger partial charge in [-0.3, -0.25) is 0 Å². The molecule has 0 fully saturated rings. The summed E-state index contributed by atoms with van der Waals surface area (Å²) in [6.45, 7) is 4.43. The molecule has 0 aliphatic carbocycles. The van der Waals surface area contributed by atoms with Gasteiger partial charge in [-0.1, -0.05) is 37.9 Å². The van der Waals surface area contributed by atoms with Gasteiger partial charge in [0.25, 0.3) is 0 Å². The smallest absolute Gasteiger partial charge is 0.0466 e. The predicted octanol–water partition coefficient (Wildman–Crippen LogP) is 3.52. The minimum atomic E-state index is 0.619. The zero-order chi connectivity index (χ0) is 9.84. The van der Waals surface area contributed by atoms with Crippen LogP contribution in [0.3, 0.4) is 0 Å². The molecule has 0 unspecified atom stereocenters. The first kappa shape index (κ1) is 10.5. The summed E-state index contributed by atoms with van der Waals surface area (Å²) in [6, 6.07) is 8.75. The highest BCUT2D eigenvalue weighted by Crippen LogP contribution is 2.21. The molecule has 0 saturated carbocycles. The first-order valence-corrected chi connectivity index (χ1v) is 5.71. The van der Waals surface area contributed by atoms with E-state index in [9.17, 15) is 0 Å². The summed E-state index contributed by atoms with van der Waals surface area (Å²) in [6.07, 6.45) is 2.08. The first-order valence-electron chi connectivity index (χ1n) is 4.53. The molecule has 0 aliphatic heterocycles. The van der Waals surface area contributed by atoms with Gasteiger partial charge in [-0.15, -0.1) is 0 Å². The molecule has 0 radical (unpaired) electrons. The molecule has 0 amide bonds. The maximum absolute atomic E-state index is 2.22. The predicted molar refractivity (Wildman–Crippen MR) is 62.4 cm³/mol. The Balaban J connectivity index is 2.81. The summed E-state index contributed by atoms with van der Waals surface area (Å²) in [5.41, 5.74) is 2.66. The minimum absolute atomic E-state index is 0.619. The lowest BCUT2D eigenvalue weighted by Gasteiger charge is -2.16. The summed E-state index contributed by atoms with van der Waals surface area (Å²) in [5.74, 6) is 0.619. The lowest BCUT2D eigenvalue weighted by Crippen LogP contribution is -2.04.